The third kappa shape index (κ3) is 4.66. The summed E-state index contributed by atoms with van der Waals surface area (Å²) in [6, 6.07) is 0. The second-order valence-corrected chi connectivity index (χ2v) is 7.03. The summed E-state index contributed by atoms with van der Waals surface area (Å²) >= 11 is 0. The van der Waals surface area contributed by atoms with E-state index in [1.165, 1.54) is 0 Å². The number of ether oxygens (including phenoxy) is 1. The average Bonchev–Trinajstić information content (AvgIpc) is 3.04. The van der Waals surface area contributed by atoms with E-state index in [9.17, 15) is 9.59 Å². The van der Waals surface area contributed by atoms with Crippen molar-refractivity contribution in [2.24, 2.45) is 4.99 Å². The maximum atomic E-state index is 12.3. The van der Waals surface area contributed by atoms with E-state index in [0.29, 0.717) is 45.9 Å². The molecule has 10 nitrogen and oxygen atoms in total. The Hall–Kier alpha value is -2.52. The minimum atomic E-state index is -0.252. The summed E-state index contributed by atoms with van der Waals surface area (Å²) < 4.78 is 8.44. The molecule has 0 aromatic carbocycles. The van der Waals surface area contributed by atoms with Crippen LogP contribution in [0.3, 0.4) is 0 Å². The van der Waals surface area contributed by atoms with Crippen molar-refractivity contribution in [2.45, 2.75) is 45.7 Å². The van der Waals surface area contributed by atoms with E-state index in [2.05, 4.69) is 20.3 Å². The number of nitrogens with one attached hydrogen (secondary N) is 1. The molecule has 1 saturated heterocycles. The third-order valence-corrected chi connectivity index (χ3v) is 5.18. The Labute approximate surface area is 165 Å². The van der Waals surface area contributed by atoms with Crippen LogP contribution in [0, 0.1) is 0 Å². The van der Waals surface area contributed by atoms with E-state index in [1.807, 2.05) is 6.92 Å². The molecule has 3 heterocycles. The number of aliphatic imine (C=N–C) groups is 1. The van der Waals surface area contributed by atoms with Gasteiger partial charge < -0.3 is 19.9 Å². The first-order chi connectivity index (χ1) is 13.6. The lowest BCUT2D eigenvalue weighted by Gasteiger charge is -2.35. The molecule has 0 unspecified atom stereocenters. The maximum Gasteiger partial charge on any atom is 0.409 e. The number of carbonyl (C=O) groups is 1. The highest BCUT2D eigenvalue weighted by Gasteiger charge is 2.23. The summed E-state index contributed by atoms with van der Waals surface area (Å²) in [6.07, 6.45) is 3.60. The van der Waals surface area contributed by atoms with Crippen LogP contribution in [0.2, 0.25) is 0 Å². The van der Waals surface area contributed by atoms with Crippen molar-refractivity contribution in [3.63, 3.8) is 0 Å². The van der Waals surface area contributed by atoms with Crippen molar-refractivity contribution in [1.82, 2.24) is 29.5 Å². The molecule has 28 heavy (non-hydrogen) atoms. The van der Waals surface area contributed by atoms with Gasteiger partial charge in [0, 0.05) is 59.3 Å². The molecule has 1 amide bonds. The minimum Gasteiger partial charge on any atom is -0.450 e. The second-order valence-electron chi connectivity index (χ2n) is 7.03. The number of fused-ring (bicyclic) bond motifs is 1. The van der Waals surface area contributed by atoms with Gasteiger partial charge in [-0.3, -0.25) is 9.56 Å². The Kier molecular flexibility index (Phi) is 6.94. The highest BCUT2D eigenvalue weighted by Crippen LogP contribution is 2.09. The summed E-state index contributed by atoms with van der Waals surface area (Å²) in [7, 11) is 1.76. The van der Waals surface area contributed by atoms with Crippen LogP contribution in [0.5, 0.6) is 0 Å². The highest BCUT2D eigenvalue weighted by atomic mass is 16.6. The summed E-state index contributed by atoms with van der Waals surface area (Å²) in [5.74, 6) is 1.74. The van der Waals surface area contributed by atoms with Crippen LogP contribution in [0.15, 0.2) is 9.79 Å². The number of nitrogens with zero attached hydrogens (tertiary/aromatic N) is 6. The lowest BCUT2D eigenvalue weighted by molar-refractivity contribution is 0.0914. The van der Waals surface area contributed by atoms with E-state index in [4.69, 9.17) is 4.74 Å². The molecule has 156 valence electrons. The van der Waals surface area contributed by atoms with E-state index in [-0.39, 0.29) is 11.8 Å². The van der Waals surface area contributed by atoms with Gasteiger partial charge in [-0.1, -0.05) is 0 Å². The zero-order chi connectivity index (χ0) is 19.9. The quantitative estimate of drug-likeness (QED) is 0.434. The van der Waals surface area contributed by atoms with Crippen LogP contribution in [0.1, 0.15) is 32.0 Å². The lowest BCUT2D eigenvalue weighted by Crippen LogP contribution is -2.54. The van der Waals surface area contributed by atoms with E-state index < -0.39 is 0 Å². The van der Waals surface area contributed by atoms with Crippen molar-refractivity contribution in [2.75, 3.05) is 46.4 Å². The van der Waals surface area contributed by atoms with Crippen LogP contribution >= 0.6 is 0 Å². The Morgan fingerprint density at radius 1 is 1.18 bits per heavy atom. The van der Waals surface area contributed by atoms with Crippen LogP contribution in [-0.4, -0.2) is 82.6 Å². The standard InChI is InChI=1S/C18H31N7O3/c1-3-28-18(27)23-13-11-22(12-14-23)16(19-2)20-8-6-10-25-17(26)24-9-5-4-7-15(24)21-25/h3-14H2,1-2H3,(H,19,20). The summed E-state index contributed by atoms with van der Waals surface area (Å²) in [4.78, 5) is 32.3. The second kappa shape index (κ2) is 9.61. The number of piperazine rings is 1. The first kappa shape index (κ1) is 20.2. The number of guanidine groups is 1. The molecule has 1 aromatic heterocycles. The minimum absolute atomic E-state index is 0.00849. The molecule has 0 aliphatic carbocycles. The summed E-state index contributed by atoms with van der Waals surface area (Å²) in [5.41, 5.74) is 0.00849. The largest absolute Gasteiger partial charge is 0.450 e. The number of aryl methyl sites for hydroxylation is 2. The van der Waals surface area contributed by atoms with Crippen LogP contribution in [0.25, 0.3) is 0 Å². The van der Waals surface area contributed by atoms with Crippen LogP contribution in [0.4, 0.5) is 4.79 Å². The van der Waals surface area contributed by atoms with Gasteiger partial charge >= 0.3 is 11.8 Å². The Balaban J connectivity index is 1.42. The van der Waals surface area contributed by atoms with Crippen LogP contribution < -0.4 is 11.0 Å². The number of amides is 1. The van der Waals surface area contributed by atoms with Crippen molar-refractivity contribution in [1.29, 1.82) is 0 Å². The Bertz CT molecular complexity index is 747. The zero-order valence-corrected chi connectivity index (χ0v) is 16.9. The lowest BCUT2D eigenvalue weighted by atomic mass is 10.2. The van der Waals surface area contributed by atoms with Gasteiger partial charge in [0.1, 0.15) is 5.82 Å². The molecule has 1 N–H and O–H groups in total. The van der Waals surface area contributed by atoms with Gasteiger partial charge in [-0.15, -0.1) is 0 Å². The fourth-order valence-corrected chi connectivity index (χ4v) is 3.67. The molecule has 1 fully saturated rings. The molecular formula is C18H31N7O3. The van der Waals surface area contributed by atoms with Gasteiger partial charge in [-0.2, -0.15) is 5.10 Å². The zero-order valence-electron chi connectivity index (χ0n) is 16.9. The molecule has 0 saturated carbocycles. The molecular weight excluding hydrogens is 362 g/mol. The van der Waals surface area contributed by atoms with Crippen molar-refractivity contribution in [3.05, 3.63) is 16.3 Å². The van der Waals surface area contributed by atoms with Crippen LogP contribution in [-0.2, 0) is 24.2 Å². The topological polar surface area (TPSA) is 97.0 Å². The van der Waals surface area contributed by atoms with Gasteiger partial charge in [0.15, 0.2) is 5.96 Å². The number of carbonyl (C=O) groups excluding carboxylic acids is 1. The summed E-state index contributed by atoms with van der Waals surface area (Å²) in [5, 5.41) is 7.82. The first-order valence-electron chi connectivity index (χ1n) is 10.2. The molecule has 0 radical (unpaired) electrons. The highest BCUT2D eigenvalue weighted by molar-refractivity contribution is 5.80. The molecule has 1 aromatic rings. The Morgan fingerprint density at radius 2 is 1.93 bits per heavy atom. The predicted octanol–water partition coefficient (Wildman–Crippen LogP) is 0.121. The Morgan fingerprint density at radius 3 is 2.61 bits per heavy atom. The maximum absolute atomic E-state index is 12.3. The number of rotatable bonds is 5. The first-order valence-corrected chi connectivity index (χ1v) is 10.2. The van der Waals surface area contributed by atoms with Gasteiger partial charge in [-0.25, -0.2) is 14.3 Å². The monoisotopic (exact) mass is 393 g/mol. The van der Waals surface area contributed by atoms with Gasteiger partial charge in [0.2, 0.25) is 0 Å². The van der Waals surface area contributed by atoms with Gasteiger partial charge in [0.25, 0.3) is 0 Å². The number of hydrogen-bond acceptors (Lipinski definition) is 5. The molecule has 2 aliphatic heterocycles. The predicted molar refractivity (Wildman–Crippen MR) is 106 cm³/mol. The van der Waals surface area contributed by atoms with Crippen molar-refractivity contribution in [3.8, 4) is 0 Å². The number of aromatic nitrogens is 3. The molecule has 0 bridgehead atoms. The normalized spacial score (nSPS) is 17.4. The smallest absolute Gasteiger partial charge is 0.409 e. The van der Waals surface area contributed by atoms with E-state index >= 15 is 0 Å². The van der Waals surface area contributed by atoms with E-state index in [0.717, 1.165) is 44.0 Å². The van der Waals surface area contributed by atoms with Gasteiger partial charge in [0.05, 0.1) is 6.61 Å². The molecule has 0 spiro atoms. The molecule has 2 aliphatic rings. The third-order valence-electron chi connectivity index (χ3n) is 5.18. The molecule has 10 heteroatoms. The fourth-order valence-electron chi connectivity index (χ4n) is 3.67. The molecule has 0 atom stereocenters. The van der Waals surface area contributed by atoms with E-state index in [1.54, 1.807) is 21.2 Å². The summed E-state index contributed by atoms with van der Waals surface area (Å²) in [6.45, 7) is 6.97. The van der Waals surface area contributed by atoms with Crippen molar-refractivity contribution >= 4 is 12.1 Å². The number of hydrogen-bond donors (Lipinski definition) is 1. The van der Waals surface area contributed by atoms with Crippen molar-refractivity contribution < 1.29 is 9.53 Å². The molecule has 3 rings (SSSR count). The SMILES string of the molecule is CCOC(=O)N1CCN(C(=NC)NCCCn2nc3n(c2=O)CCCC3)CC1. The van der Waals surface area contributed by atoms with Gasteiger partial charge in [-0.05, 0) is 26.2 Å². The fraction of sp³-hybridized carbons (Fsp3) is 0.778. The average molecular weight is 393 g/mol.